The molecule has 8 heteroatoms. The van der Waals surface area contributed by atoms with Gasteiger partial charge in [-0.05, 0) is 60.5 Å². The van der Waals surface area contributed by atoms with E-state index in [4.69, 9.17) is 11.6 Å². The van der Waals surface area contributed by atoms with E-state index in [1.807, 2.05) is 18.2 Å². The highest BCUT2D eigenvalue weighted by Crippen LogP contribution is 2.35. The summed E-state index contributed by atoms with van der Waals surface area (Å²) in [6, 6.07) is 7.99. The molecule has 3 aromatic rings. The maximum Gasteiger partial charge on any atom is 0.228 e. The predicted octanol–water partition coefficient (Wildman–Crippen LogP) is 5.77. The Morgan fingerprint density at radius 3 is 2.78 bits per heavy atom. The Morgan fingerprint density at radius 1 is 1.22 bits per heavy atom. The van der Waals surface area contributed by atoms with Gasteiger partial charge in [0.2, 0.25) is 11.8 Å². The molecule has 168 valence electrons. The molecular weight excluding hydrogens is 444 g/mol. The molecule has 2 aromatic heterocycles. The minimum atomic E-state index is -0.150. The third-order valence-electron chi connectivity index (χ3n) is 5.90. The van der Waals surface area contributed by atoms with Crippen LogP contribution in [0.15, 0.2) is 30.5 Å². The van der Waals surface area contributed by atoms with Crippen LogP contribution in [0.1, 0.15) is 57.2 Å². The van der Waals surface area contributed by atoms with Crippen molar-refractivity contribution in [1.29, 1.82) is 0 Å². The number of halogens is 1. The minimum Gasteiger partial charge on any atom is -0.354 e. The van der Waals surface area contributed by atoms with E-state index < -0.39 is 0 Å². The standard InChI is InChI=1S/C24H27ClN4O2S/c1-13(2)23-19-10-15(7-8-21(19)29-32-23)18-11-22(26-12-20(18)25)28-24(31)16-5-4-6-17(9-16)27-14(3)30/h7-8,10-13,16-17H,4-6,9H2,1-3H3,(H,27,30)(H,26,28,31)/t16?,17-/m1/s1. The number of carbonyl (C=O) groups excluding carboxylic acids is 2. The third kappa shape index (κ3) is 4.94. The number of benzene rings is 1. The fourth-order valence-electron chi connectivity index (χ4n) is 4.35. The quantitative estimate of drug-likeness (QED) is 0.495. The summed E-state index contributed by atoms with van der Waals surface area (Å²) in [5.74, 6) is 0.589. The molecule has 1 aliphatic rings. The summed E-state index contributed by atoms with van der Waals surface area (Å²) in [4.78, 5) is 29.8. The molecule has 2 amide bonds. The lowest BCUT2D eigenvalue weighted by Crippen LogP contribution is -2.40. The Bertz CT molecular complexity index is 1160. The predicted molar refractivity (Wildman–Crippen MR) is 130 cm³/mol. The van der Waals surface area contributed by atoms with E-state index in [0.29, 0.717) is 23.2 Å². The molecular formula is C24H27ClN4O2S. The van der Waals surface area contributed by atoms with Crippen molar-refractivity contribution in [3.8, 4) is 11.1 Å². The number of nitrogens with zero attached hydrogens (tertiary/aromatic N) is 2. The van der Waals surface area contributed by atoms with Gasteiger partial charge in [0.15, 0.2) is 0 Å². The second-order valence-electron chi connectivity index (χ2n) is 8.73. The average Bonchev–Trinajstić information content (AvgIpc) is 3.18. The molecule has 2 N–H and O–H groups in total. The molecule has 0 spiro atoms. The van der Waals surface area contributed by atoms with Gasteiger partial charge >= 0.3 is 0 Å². The first-order valence-corrected chi connectivity index (χ1v) is 12.1. The van der Waals surface area contributed by atoms with Gasteiger partial charge in [-0.2, -0.15) is 4.37 Å². The van der Waals surface area contributed by atoms with Crippen LogP contribution in [0.2, 0.25) is 5.02 Å². The van der Waals surface area contributed by atoms with E-state index in [1.165, 1.54) is 23.3 Å². The van der Waals surface area contributed by atoms with Gasteiger partial charge in [-0.3, -0.25) is 9.59 Å². The lowest BCUT2D eigenvalue weighted by atomic mass is 9.85. The Balaban J connectivity index is 1.55. The normalized spacial score (nSPS) is 18.7. The zero-order valence-electron chi connectivity index (χ0n) is 18.4. The number of hydrogen-bond acceptors (Lipinski definition) is 5. The second-order valence-corrected chi connectivity index (χ2v) is 9.95. The highest BCUT2D eigenvalue weighted by molar-refractivity contribution is 7.07. The summed E-state index contributed by atoms with van der Waals surface area (Å²) in [6.07, 6.45) is 4.85. The number of pyridine rings is 1. The molecule has 4 rings (SSSR count). The van der Waals surface area contributed by atoms with E-state index in [2.05, 4.69) is 39.9 Å². The largest absolute Gasteiger partial charge is 0.354 e. The van der Waals surface area contributed by atoms with Crippen LogP contribution >= 0.6 is 23.1 Å². The van der Waals surface area contributed by atoms with Gasteiger partial charge < -0.3 is 10.6 Å². The van der Waals surface area contributed by atoms with Crippen molar-refractivity contribution in [2.45, 2.75) is 58.4 Å². The summed E-state index contributed by atoms with van der Waals surface area (Å²) in [6.45, 7) is 5.83. The summed E-state index contributed by atoms with van der Waals surface area (Å²) >= 11 is 8.01. The van der Waals surface area contributed by atoms with Gasteiger partial charge in [-0.1, -0.05) is 37.9 Å². The fraction of sp³-hybridized carbons (Fsp3) is 0.417. The first kappa shape index (κ1) is 22.7. The van der Waals surface area contributed by atoms with Crippen LogP contribution in [0.5, 0.6) is 0 Å². The molecule has 2 atom stereocenters. The third-order valence-corrected chi connectivity index (χ3v) is 7.38. The highest BCUT2D eigenvalue weighted by atomic mass is 35.5. The maximum atomic E-state index is 12.9. The van der Waals surface area contributed by atoms with Crippen molar-refractivity contribution in [3.05, 3.63) is 40.4 Å². The zero-order chi connectivity index (χ0) is 22.8. The second kappa shape index (κ2) is 9.55. The molecule has 1 aliphatic carbocycles. The number of hydrogen-bond donors (Lipinski definition) is 2. The molecule has 6 nitrogen and oxygen atoms in total. The highest BCUT2D eigenvalue weighted by Gasteiger charge is 2.28. The molecule has 0 bridgehead atoms. The van der Waals surface area contributed by atoms with Gasteiger partial charge in [0.1, 0.15) is 5.82 Å². The molecule has 2 heterocycles. The molecule has 0 aliphatic heterocycles. The fourth-order valence-corrected chi connectivity index (χ4v) is 5.39. The van der Waals surface area contributed by atoms with Gasteiger partial charge in [0.25, 0.3) is 0 Å². The molecule has 0 saturated heterocycles. The van der Waals surface area contributed by atoms with Crippen LogP contribution in [0.3, 0.4) is 0 Å². The Hall–Kier alpha value is -2.51. The lowest BCUT2D eigenvalue weighted by molar-refractivity contribution is -0.123. The van der Waals surface area contributed by atoms with Crippen LogP contribution in [0.25, 0.3) is 22.0 Å². The summed E-state index contributed by atoms with van der Waals surface area (Å²) in [7, 11) is 0. The Morgan fingerprint density at radius 2 is 2.03 bits per heavy atom. The van der Waals surface area contributed by atoms with Crippen LogP contribution in [-0.4, -0.2) is 27.2 Å². The maximum absolute atomic E-state index is 12.9. The van der Waals surface area contributed by atoms with E-state index in [-0.39, 0.29) is 23.8 Å². The van der Waals surface area contributed by atoms with Gasteiger partial charge in [-0.25, -0.2) is 4.98 Å². The number of fused-ring (bicyclic) bond motifs is 1. The van der Waals surface area contributed by atoms with Crippen LogP contribution < -0.4 is 10.6 Å². The molecule has 1 aromatic carbocycles. The monoisotopic (exact) mass is 470 g/mol. The summed E-state index contributed by atoms with van der Waals surface area (Å²) in [5, 5.41) is 7.55. The van der Waals surface area contributed by atoms with Crippen molar-refractivity contribution in [3.63, 3.8) is 0 Å². The summed E-state index contributed by atoms with van der Waals surface area (Å²) < 4.78 is 4.54. The Labute approximate surface area is 196 Å². The van der Waals surface area contributed by atoms with Gasteiger partial charge in [0, 0.05) is 40.9 Å². The van der Waals surface area contributed by atoms with Crippen molar-refractivity contribution < 1.29 is 9.59 Å². The molecule has 1 saturated carbocycles. The van der Waals surface area contributed by atoms with Crippen molar-refractivity contribution in [1.82, 2.24) is 14.7 Å². The zero-order valence-corrected chi connectivity index (χ0v) is 20.0. The van der Waals surface area contributed by atoms with Crippen molar-refractivity contribution in [2.24, 2.45) is 5.92 Å². The molecule has 1 unspecified atom stereocenters. The molecule has 0 radical (unpaired) electrons. The number of amides is 2. The number of nitrogens with one attached hydrogen (secondary N) is 2. The van der Waals surface area contributed by atoms with Crippen molar-refractivity contribution in [2.75, 3.05) is 5.32 Å². The molecule has 32 heavy (non-hydrogen) atoms. The van der Waals surface area contributed by atoms with Crippen LogP contribution in [0.4, 0.5) is 5.82 Å². The van der Waals surface area contributed by atoms with E-state index in [0.717, 1.165) is 41.3 Å². The lowest BCUT2D eigenvalue weighted by Gasteiger charge is -2.28. The number of carbonyl (C=O) groups is 2. The van der Waals surface area contributed by atoms with Gasteiger partial charge in [0.05, 0.1) is 10.5 Å². The van der Waals surface area contributed by atoms with Crippen molar-refractivity contribution >= 4 is 51.7 Å². The smallest absolute Gasteiger partial charge is 0.228 e. The molecule has 1 fully saturated rings. The average molecular weight is 471 g/mol. The number of aromatic nitrogens is 2. The van der Waals surface area contributed by atoms with Gasteiger partial charge in [-0.15, -0.1) is 0 Å². The Kier molecular flexibility index (Phi) is 6.76. The van der Waals surface area contributed by atoms with E-state index in [9.17, 15) is 9.59 Å². The van der Waals surface area contributed by atoms with Crippen LogP contribution in [0, 0.1) is 5.92 Å². The van der Waals surface area contributed by atoms with Crippen LogP contribution in [-0.2, 0) is 9.59 Å². The SMILES string of the molecule is CC(=O)N[C@@H]1CCCC(C(=O)Nc2cc(-c3ccc4nsc(C(C)C)c4c3)c(Cl)cn2)C1. The first-order chi connectivity index (χ1) is 15.3. The number of rotatable bonds is 5. The first-order valence-electron chi connectivity index (χ1n) is 10.9. The van der Waals surface area contributed by atoms with E-state index >= 15 is 0 Å². The topological polar surface area (TPSA) is 84.0 Å². The van der Waals surface area contributed by atoms with E-state index in [1.54, 1.807) is 6.20 Å². The minimum absolute atomic E-state index is 0.0480. The number of anilines is 1. The summed E-state index contributed by atoms with van der Waals surface area (Å²) in [5.41, 5.74) is 2.76.